The average molecular weight is 686 g/mol. The molecule has 0 saturated carbocycles. The minimum atomic E-state index is -6.40. The SMILES string of the molecule is Cc1cc(C#N)cc(C(=O)NC(C)(C)C)c1NC(=O)c1cc(Cn2cc(C(F)(C(F)(F)F)C(F)(F)F)nn2)nn1-c1ncccc1Cl. The highest BCUT2D eigenvalue weighted by molar-refractivity contribution is 6.32. The molecule has 0 aliphatic carbocycles. The number of nitrogens with one attached hydrogen (secondary N) is 2. The molecule has 2 amide bonds. The average Bonchev–Trinajstić information content (AvgIpc) is 3.59. The summed E-state index contributed by atoms with van der Waals surface area (Å²) >= 11 is 6.27. The summed E-state index contributed by atoms with van der Waals surface area (Å²) in [6.45, 7) is 6.03. The maximum Gasteiger partial charge on any atom is 0.437 e. The summed E-state index contributed by atoms with van der Waals surface area (Å²) in [7, 11) is 0. The van der Waals surface area contributed by atoms with Crippen molar-refractivity contribution in [2.24, 2.45) is 0 Å². The minimum Gasteiger partial charge on any atom is -0.347 e. The third kappa shape index (κ3) is 7.04. The van der Waals surface area contributed by atoms with Crippen LogP contribution >= 0.6 is 11.6 Å². The normalized spacial score (nSPS) is 12.5. The second-order valence-electron chi connectivity index (χ2n) is 11.2. The van der Waals surface area contributed by atoms with Gasteiger partial charge in [0.15, 0.2) is 5.82 Å². The first-order chi connectivity index (χ1) is 21.7. The number of rotatable bonds is 7. The van der Waals surface area contributed by atoms with Gasteiger partial charge in [-0.25, -0.2) is 18.7 Å². The first-order valence-electron chi connectivity index (χ1n) is 13.3. The lowest BCUT2D eigenvalue weighted by molar-refractivity contribution is -0.350. The fourth-order valence-electron chi connectivity index (χ4n) is 4.30. The van der Waals surface area contributed by atoms with Crippen molar-refractivity contribution in [2.75, 3.05) is 5.32 Å². The summed E-state index contributed by atoms with van der Waals surface area (Å²) in [5.41, 5.74) is -8.58. The number of nitriles is 1. The van der Waals surface area contributed by atoms with Crippen LogP contribution in [-0.2, 0) is 12.2 Å². The molecule has 0 aliphatic rings. The molecule has 0 radical (unpaired) electrons. The van der Waals surface area contributed by atoms with E-state index in [4.69, 9.17) is 11.6 Å². The van der Waals surface area contributed by atoms with Crippen molar-refractivity contribution in [3.05, 3.63) is 81.5 Å². The fourth-order valence-corrected chi connectivity index (χ4v) is 4.50. The van der Waals surface area contributed by atoms with Crippen LogP contribution in [0.1, 0.15) is 64.1 Å². The number of benzene rings is 1. The predicted molar refractivity (Wildman–Crippen MR) is 151 cm³/mol. The summed E-state index contributed by atoms with van der Waals surface area (Å²) in [4.78, 5) is 31.0. The van der Waals surface area contributed by atoms with Gasteiger partial charge in [0.2, 0.25) is 0 Å². The van der Waals surface area contributed by atoms with E-state index in [1.807, 2.05) is 6.07 Å². The number of carbonyl (C=O) groups excluding carboxylic acids is 2. The third-order valence-corrected chi connectivity index (χ3v) is 6.66. The van der Waals surface area contributed by atoms with Gasteiger partial charge in [0, 0.05) is 11.7 Å². The summed E-state index contributed by atoms with van der Waals surface area (Å²) in [6.07, 6.45) is -11.4. The number of hydrogen-bond acceptors (Lipinski definition) is 7. The highest BCUT2D eigenvalue weighted by atomic mass is 35.5. The van der Waals surface area contributed by atoms with Gasteiger partial charge in [0.25, 0.3) is 11.8 Å². The Bertz CT molecular complexity index is 1870. The van der Waals surface area contributed by atoms with Crippen molar-refractivity contribution in [3.63, 3.8) is 0 Å². The number of halogens is 8. The largest absolute Gasteiger partial charge is 0.437 e. The summed E-state index contributed by atoms with van der Waals surface area (Å²) in [5, 5.41) is 24.9. The number of pyridine rings is 1. The minimum absolute atomic E-state index is 0.00314. The van der Waals surface area contributed by atoms with Crippen molar-refractivity contribution in [1.82, 2.24) is 35.1 Å². The van der Waals surface area contributed by atoms with E-state index in [0.29, 0.717) is 10.2 Å². The Morgan fingerprint density at radius 1 is 1.02 bits per heavy atom. The Balaban J connectivity index is 1.77. The molecule has 4 aromatic rings. The van der Waals surface area contributed by atoms with E-state index in [1.165, 1.54) is 37.4 Å². The predicted octanol–water partition coefficient (Wildman–Crippen LogP) is 5.81. The van der Waals surface area contributed by atoms with Gasteiger partial charge < -0.3 is 10.6 Å². The van der Waals surface area contributed by atoms with Crippen molar-refractivity contribution in [3.8, 4) is 11.9 Å². The molecular weight excluding hydrogens is 663 g/mol. The molecule has 0 atom stereocenters. The lowest BCUT2D eigenvalue weighted by Gasteiger charge is -2.27. The summed E-state index contributed by atoms with van der Waals surface area (Å²) in [6, 6.07) is 8.62. The van der Waals surface area contributed by atoms with Gasteiger partial charge in [-0.3, -0.25) is 9.59 Å². The number of anilines is 1. The Kier molecular flexibility index (Phi) is 9.10. The monoisotopic (exact) mass is 685 g/mol. The van der Waals surface area contributed by atoms with E-state index >= 15 is 0 Å². The summed E-state index contributed by atoms with van der Waals surface area (Å²) in [5.74, 6) is -1.61. The zero-order valence-electron chi connectivity index (χ0n) is 24.7. The first-order valence-corrected chi connectivity index (χ1v) is 13.7. The zero-order valence-corrected chi connectivity index (χ0v) is 25.5. The first kappa shape index (κ1) is 34.8. The highest BCUT2D eigenvalue weighted by Gasteiger charge is 2.75. The Labute approximate surface area is 266 Å². The molecule has 19 heteroatoms. The van der Waals surface area contributed by atoms with Gasteiger partial charge in [-0.15, -0.1) is 5.10 Å². The van der Waals surface area contributed by atoms with Crippen LogP contribution in [0, 0.1) is 18.3 Å². The lowest BCUT2D eigenvalue weighted by Crippen LogP contribution is -2.50. The second kappa shape index (κ2) is 12.3. The van der Waals surface area contributed by atoms with Crippen LogP contribution in [0.5, 0.6) is 0 Å². The quantitative estimate of drug-likeness (QED) is 0.234. The van der Waals surface area contributed by atoms with E-state index in [-0.39, 0.29) is 45.2 Å². The number of hydrogen-bond donors (Lipinski definition) is 2. The number of aryl methyl sites for hydroxylation is 1. The molecule has 47 heavy (non-hydrogen) atoms. The molecule has 2 N–H and O–H groups in total. The molecule has 4 rings (SSSR count). The van der Waals surface area contributed by atoms with Crippen LogP contribution in [0.2, 0.25) is 5.02 Å². The van der Waals surface area contributed by atoms with Gasteiger partial charge in [-0.05, 0) is 63.6 Å². The Hall–Kier alpha value is -5.05. The molecule has 0 bridgehead atoms. The maximum absolute atomic E-state index is 14.5. The Morgan fingerprint density at radius 2 is 1.68 bits per heavy atom. The van der Waals surface area contributed by atoms with Crippen LogP contribution < -0.4 is 10.6 Å². The van der Waals surface area contributed by atoms with Crippen LogP contribution in [0.15, 0.2) is 42.7 Å². The van der Waals surface area contributed by atoms with Crippen LogP contribution in [0.3, 0.4) is 0 Å². The molecule has 0 fully saturated rings. The van der Waals surface area contributed by atoms with Crippen molar-refractivity contribution < 1.29 is 40.3 Å². The number of alkyl halides is 7. The van der Waals surface area contributed by atoms with Gasteiger partial charge in [-0.2, -0.15) is 36.7 Å². The molecule has 3 heterocycles. The standard InChI is InChI=1S/C28H23ClF7N9O2/c1-14-8-15(11-37)9-17(23(46)40-25(2,3)4)21(14)39-24(47)19-10-16(42-45(19)22-18(29)6-5-7-38-22)12-44-13-20(41-43-44)26(30,27(31,32)33)28(34,35)36/h5-10,13H,12H2,1-4H3,(H,39,47)(H,40,46). The smallest absolute Gasteiger partial charge is 0.347 e. The molecule has 1 aromatic carbocycles. The molecule has 0 unspecified atom stereocenters. The zero-order chi connectivity index (χ0) is 35.1. The molecule has 0 spiro atoms. The highest BCUT2D eigenvalue weighted by Crippen LogP contribution is 2.52. The number of aromatic nitrogens is 6. The van der Waals surface area contributed by atoms with E-state index in [1.54, 1.807) is 20.8 Å². The topological polar surface area (TPSA) is 143 Å². The van der Waals surface area contributed by atoms with Crippen molar-refractivity contribution in [1.29, 1.82) is 5.26 Å². The molecule has 0 saturated heterocycles. The second-order valence-corrected chi connectivity index (χ2v) is 11.6. The van der Waals surface area contributed by atoms with Crippen molar-refractivity contribution >= 4 is 29.1 Å². The lowest BCUT2D eigenvalue weighted by atomic mass is 10.0. The summed E-state index contributed by atoms with van der Waals surface area (Å²) < 4.78 is 95.2. The number of amides is 2. The van der Waals surface area contributed by atoms with Crippen LogP contribution in [-0.4, -0.2) is 59.5 Å². The number of nitrogens with zero attached hydrogens (tertiary/aromatic N) is 7. The van der Waals surface area contributed by atoms with Gasteiger partial charge in [0.1, 0.15) is 11.4 Å². The van der Waals surface area contributed by atoms with Gasteiger partial charge in [0.05, 0.1) is 46.3 Å². The maximum atomic E-state index is 14.5. The van der Waals surface area contributed by atoms with Gasteiger partial charge in [-0.1, -0.05) is 16.8 Å². The molecule has 248 valence electrons. The number of carbonyl (C=O) groups is 2. The van der Waals surface area contributed by atoms with Crippen LogP contribution in [0.4, 0.5) is 36.4 Å². The van der Waals surface area contributed by atoms with E-state index < -0.39 is 47.6 Å². The van der Waals surface area contributed by atoms with Crippen molar-refractivity contribution in [2.45, 2.75) is 57.8 Å². The fraction of sp³-hybridized carbons (Fsp3) is 0.321. The Morgan fingerprint density at radius 3 is 2.26 bits per heavy atom. The molecule has 0 aliphatic heterocycles. The van der Waals surface area contributed by atoms with Crippen LogP contribution in [0.25, 0.3) is 5.82 Å². The van der Waals surface area contributed by atoms with Gasteiger partial charge >= 0.3 is 18.0 Å². The van der Waals surface area contributed by atoms with E-state index in [0.717, 1.165) is 10.7 Å². The molecular formula is C28H23ClF7N9O2. The van der Waals surface area contributed by atoms with E-state index in [2.05, 4.69) is 31.0 Å². The third-order valence-electron chi connectivity index (χ3n) is 6.37. The van der Waals surface area contributed by atoms with E-state index in [9.17, 15) is 45.6 Å². The molecule has 3 aromatic heterocycles. The molecule has 11 nitrogen and oxygen atoms in total.